The number of hydrogen-bond acceptors (Lipinski definition) is 3. The number of likely N-dealkylation sites (tertiary alicyclic amines) is 1. The van der Waals surface area contributed by atoms with Gasteiger partial charge in [-0.1, -0.05) is 6.07 Å². The van der Waals surface area contributed by atoms with Gasteiger partial charge >= 0.3 is 0 Å². The van der Waals surface area contributed by atoms with Crippen molar-refractivity contribution in [1.29, 1.82) is 0 Å². The average Bonchev–Trinajstić information content (AvgIpc) is 3.16. The van der Waals surface area contributed by atoms with Gasteiger partial charge in [-0.05, 0) is 56.6 Å². The molecule has 0 radical (unpaired) electrons. The maximum absolute atomic E-state index is 12.5. The van der Waals surface area contributed by atoms with Crippen molar-refractivity contribution >= 4 is 11.6 Å². The van der Waals surface area contributed by atoms with Gasteiger partial charge in [0.25, 0.3) is 0 Å². The SMILES string of the molecule is CC1(O)CC(C(=O)N2CC3(CCC(c4cccn5ccnc45)C3)C2)C1. The zero-order valence-corrected chi connectivity index (χ0v) is 14.7. The van der Waals surface area contributed by atoms with Gasteiger partial charge in [0.1, 0.15) is 5.65 Å². The Morgan fingerprint density at radius 3 is 2.84 bits per heavy atom. The molecule has 5 rings (SSSR count). The Balaban J connectivity index is 1.25. The summed E-state index contributed by atoms with van der Waals surface area (Å²) in [6.45, 7) is 3.63. The number of rotatable bonds is 2. The summed E-state index contributed by atoms with van der Waals surface area (Å²) in [4.78, 5) is 19.1. The van der Waals surface area contributed by atoms with Gasteiger partial charge in [0.15, 0.2) is 0 Å². The first-order chi connectivity index (χ1) is 11.9. The fourth-order valence-corrected chi connectivity index (χ4v) is 5.40. The van der Waals surface area contributed by atoms with Crippen molar-refractivity contribution in [1.82, 2.24) is 14.3 Å². The van der Waals surface area contributed by atoms with Crippen LogP contribution in [0.3, 0.4) is 0 Å². The summed E-state index contributed by atoms with van der Waals surface area (Å²) < 4.78 is 2.10. The van der Waals surface area contributed by atoms with Gasteiger partial charge in [-0.25, -0.2) is 4.98 Å². The molecular weight excluding hydrogens is 314 g/mol. The molecule has 1 aliphatic heterocycles. The van der Waals surface area contributed by atoms with E-state index in [1.54, 1.807) is 0 Å². The van der Waals surface area contributed by atoms with Crippen LogP contribution < -0.4 is 0 Å². The van der Waals surface area contributed by atoms with E-state index in [0.29, 0.717) is 24.2 Å². The fourth-order valence-electron chi connectivity index (χ4n) is 5.40. The Bertz CT molecular complexity index is 826. The molecule has 5 heteroatoms. The van der Waals surface area contributed by atoms with Crippen molar-refractivity contribution in [3.8, 4) is 0 Å². The van der Waals surface area contributed by atoms with Crippen LogP contribution in [0.1, 0.15) is 50.5 Å². The lowest BCUT2D eigenvalue weighted by atomic mass is 9.69. The zero-order chi connectivity index (χ0) is 17.2. The third kappa shape index (κ3) is 2.40. The fraction of sp³-hybridized carbons (Fsp3) is 0.600. The van der Waals surface area contributed by atoms with E-state index in [1.807, 2.05) is 30.4 Å². The minimum absolute atomic E-state index is 0.0446. The molecule has 2 aromatic heterocycles. The number of amides is 1. The normalized spacial score (nSPS) is 33.4. The summed E-state index contributed by atoms with van der Waals surface area (Å²) in [5, 5.41) is 9.86. The van der Waals surface area contributed by atoms with Crippen LogP contribution in [-0.4, -0.2) is 44.0 Å². The van der Waals surface area contributed by atoms with Crippen LogP contribution in [0.25, 0.3) is 5.65 Å². The third-order valence-corrected chi connectivity index (χ3v) is 6.68. The minimum atomic E-state index is -0.621. The van der Waals surface area contributed by atoms with Crippen LogP contribution in [0.4, 0.5) is 0 Å². The molecule has 5 nitrogen and oxygen atoms in total. The largest absolute Gasteiger partial charge is 0.390 e. The number of fused-ring (bicyclic) bond motifs is 1. The number of nitrogens with zero attached hydrogens (tertiary/aromatic N) is 3. The van der Waals surface area contributed by atoms with Gasteiger partial charge in [-0.3, -0.25) is 4.79 Å². The molecule has 3 heterocycles. The van der Waals surface area contributed by atoms with Crippen molar-refractivity contribution in [3.05, 3.63) is 36.3 Å². The van der Waals surface area contributed by atoms with E-state index < -0.39 is 5.60 Å². The first-order valence-electron chi connectivity index (χ1n) is 9.38. The molecule has 3 fully saturated rings. The Morgan fingerprint density at radius 2 is 2.08 bits per heavy atom. The van der Waals surface area contributed by atoms with Crippen molar-refractivity contribution in [2.24, 2.45) is 11.3 Å². The number of pyridine rings is 1. The van der Waals surface area contributed by atoms with Gasteiger partial charge in [-0.2, -0.15) is 0 Å². The lowest BCUT2D eigenvalue weighted by Gasteiger charge is -2.52. The molecule has 1 saturated heterocycles. The minimum Gasteiger partial charge on any atom is -0.390 e. The van der Waals surface area contributed by atoms with Gasteiger partial charge in [0.05, 0.1) is 5.60 Å². The van der Waals surface area contributed by atoms with Gasteiger partial charge in [0, 0.05) is 43.0 Å². The summed E-state index contributed by atoms with van der Waals surface area (Å²) >= 11 is 0. The third-order valence-electron chi connectivity index (χ3n) is 6.68. The molecule has 1 spiro atoms. The molecule has 2 aromatic rings. The molecule has 132 valence electrons. The van der Waals surface area contributed by atoms with Gasteiger partial charge in [-0.15, -0.1) is 0 Å². The molecule has 0 bridgehead atoms. The lowest BCUT2D eigenvalue weighted by Crippen LogP contribution is -2.61. The maximum atomic E-state index is 12.5. The molecule has 2 aliphatic carbocycles. The van der Waals surface area contributed by atoms with Crippen LogP contribution in [0.2, 0.25) is 0 Å². The molecule has 1 amide bonds. The van der Waals surface area contributed by atoms with Crippen LogP contribution in [-0.2, 0) is 4.79 Å². The van der Waals surface area contributed by atoms with E-state index in [9.17, 15) is 9.90 Å². The Hall–Kier alpha value is -1.88. The molecule has 1 unspecified atom stereocenters. The van der Waals surface area contributed by atoms with Crippen LogP contribution in [0, 0.1) is 11.3 Å². The summed E-state index contributed by atoms with van der Waals surface area (Å²) in [5.74, 6) is 0.854. The summed E-state index contributed by atoms with van der Waals surface area (Å²) in [6.07, 6.45) is 10.7. The van der Waals surface area contributed by atoms with E-state index in [2.05, 4.69) is 21.5 Å². The van der Waals surface area contributed by atoms with E-state index in [4.69, 9.17) is 0 Å². The zero-order valence-electron chi connectivity index (χ0n) is 14.7. The second-order valence-electron chi connectivity index (χ2n) is 8.86. The highest BCUT2D eigenvalue weighted by atomic mass is 16.3. The predicted octanol–water partition coefficient (Wildman–Crippen LogP) is 2.59. The van der Waals surface area contributed by atoms with Crippen LogP contribution in [0.15, 0.2) is 30.7 Å². The second kappa shape index (κ2) is 5.07. The van der Waals surface area contributed by atoms with Crippen molar-refractivity contribution in [2.45, 2.75) is 50.5 Å². The van der Waals surface area contributed by atoms with E-state index in [1.165, 1.54) is 18.4 Å². The Labute approximate surface area is 147 Å². The average molecular weight is 339 g/mol. The number of imidazole rings is 1. The van der Waals surface area contributed by atoms with Gasteiger partial charge in [0.2, 0.25) is 5.91 Å². The first-order valence-corrected chi connectivity index (χ1v) is 9.38. The second-order valence-corrected chi connectivity index (χ2v) is 8.86. The highest BCUT2D eigenvalue weighted by Crippen LogP contribution is 2.53. The standard InChI is InChI=1S/C20H25N3O2/c1-19(25)9-15(10-19)18(24)23-12-20(13-23)5-4-14(11-20)16-3-2-7-22-8-6-21-17(16)22/h2-3,6-8,14-15,25H,4-5,9-13H2,1H3. The first kappa shape index (κ1) is 15.4. The summed E-state index contributed by atoms with van der Waals surface area (Å²) in [6, 6.07) is 4.32. The topological polar surface area (TPSA) is 57.8 Å². The van der Waals surface area contributed by atoms with Crippen molar-refractivity contribution in [2.75, 3.05) is 13.1 Å². The monoisotopic (exact) mass is 339 g/mol. The number of hydrogen-bond donors (Lipinski definition) is 1. The number of aliphatic hydroxyl groups is 1. The quantitative estimate of drug-likeness (QED) is 0.915. The predicted molar refractivity (Wildman–Crippen MR) is 94.1 cm³/mol. The number of aromatic nitrogens is 2. The summed E-state index contributed by atoms with van der Waals surface area (Å²) in [7, 11) is 0. The van der Waals surface area contributed by atoms with Crippen molar-refractivity contribution < 1.29 is 9.90 Å². The number of carbonyl (C=O) groups is 1. The van der Waals surface area contributed by atoms with E-state index in [-0.39, 0.29) is 11.8 Å². The van der Waals surface area contributed by atoms with Crippen LogP contribution in [0.5, 0.6) is 0 Å². The Morgan fingerprint density at radius 1 is 1.28 bits per heavy atom. The molecule has 2 saturated carbocycles. The molecule has 1 N–H and O–H groups in total. The molecule has 0 aromatic carbocycles. The maximum Gasteiger partial charge on any atom is 0.225 e. The van der Waals surface area contributed by atoms with Crippen LogP contribution >= 0.6 is 0 Å². The Kier molecular flexibility index (Phi) is 3.12. The molecule has 25 heavy (non-hydrogen) atoms. The molecular formula is C20H25N3O2. The molecule has 1 atom stereocenters. The number of carbonyl (C=O) groups excluding carboxylic acids is 1. The van der Waals surface area contributed by atoms with Crippen molar-refractivity contribution in [3.63, 3.8) is 0 Å². The van der Waals surface area contributed by atoms with E-state index in [0.717, 1.165) is 25.2 Å². The highest BCUT2D eigenvalue weighted by molar-refractivity contribution is 5.81. The van der Waals surface area contributed by atoms with Gasteiger partial charge < -0.3 is 14.4 Å². The van der Waals surface area contributed by atoms with E-state index >= 15 is 0 Å². The smallest absolute Gasteiger partial charge is 0.225 e. The molecule has 3 aliphatic rings. The summed E-state index contributed by atoms with van der Waals surface area (Å²) in [5.41, 5.74) is 2.12. The lowest BCUT2D eigenvalue weighted by molar-refractivity contribution is -0.161. The highest BCUT2D eigenvalue weighted by Gasteiger charge is 2.53.